The van der Waals surface area contributed by atoms with Gasteiger partial charge >= 0.3 is 19.8 Å². The van der Waals surface area contributed by atoms with E-state index in [-0.39, 0.29) is 13.0 Å². The number of hydrogen-bond acceptors (Lipinski definition) is 8. The molecule has 0 aromatic rings. The third kappa shape index (κ3) is 35.1. The molecular formula is C39H76NO9P. The number of carbonyl (C=O) groups excluding carboxylic acids is 1. The summed E-state index contributed by atoms with van der Waals surface area (Å²) in [7, 11) is -4.61. The van der Waals surface area contributed by atoms with Crippen LogP contribution in [0.5, 0.6) is 0 Å². The number of carboxylic acids is 1. The predicted octanol–water partition coefficient (Wildman–Crippen LogP) is 10.6. The van der Waals surface area contributed by atoms with Gasteiger partial charge in [0.15, 0.2) is 0 Å². The molecular weight excluding hydrogens is 657 g/mol. The third-order valence-electron chi connectivity index (χ3n) is 8.79. The number of esters is 1. The first-order valence-corrected chi connectivity index (χ1v) is 21.7. The molecule has 3 unspecified atom stereocenters. The van der Waals surface area contributed by atoms with Crippen LogP contribution >= 0.6 is 7.82 Å². The highest BCUT2D eigenvalue weighted by Gasteiger charge is 2.27. The maximum atomic E-state index is 12.6. The van der Waals surface area contributed by atoms with E-state index in [2.05, 4.69) is 26.0 Å². The van der Waals surface area contributed by atoms with E-state index in [4.69, 9.17) is 29.4 Å². The summed E-state index contributed by atoms with van der Waals surface area (Å²) in [5, 5.41) is 8.87. The van der Waals surface area contributed by atoms with Crippen LogP contribution in [0.1, 0.15) is 187 Å². The number of phosphoric ester groups is 1. The summed E-state index contributed by atoms with van der Waals surface area (Å²) < 4.78 is 33.2. The van der Waals surface area contributed by atoms with Crippen LogP contribution in [0.15, 0.2) is 12.2 Å². The molecule has 0 aromatic carbocycles. The average molecular weight is 734 g/mol. The minimum Gasteiger partial charge on any atom is -0.480 e. The van der Waals surface area contributed by atoms with E-state index in [0.29, 0.717) is 13.0 Å². The quantitative estimate of drug-likeness (QED) is 0.0240. The monoisotopic (exact) mass is 734 g/mol. The number of ether oxygens (including phenoxy) is 2. The fourth-order valence-electron chi connectivity index (χ4n) is 5.60. The molecule has 10 nitrogen and oxygen atoms in total. The van der Waals surface area contributed by atoms with Gasteiger partial charge in [0, 0.05) is 13.0 Å². The van der Waals surface area contributed by atoms with Crippen LogP contribution in [-0.2, 0) is 32.7 Å². The van der Waals surface area contributed by atoms with Crippen molar-refractivity contribution in [3.05, 3.63) is 12.2 Å². The first kappa shape index (κ1) is 48.7. The summed E-state index contributed by atoms with van der Waals surface area (Å²) in [6.45, 7) is 3.88. The van der Waals surface area contributed by atoms with Crippen LogP contribution in [0.2, 0.25) is 0 Å². The standard InChI is InChI=1S/C39H76NO9P/c1-3-5-7-9-11-13-15-17-18-19-20-21-23-25-27-29-31-38(41)49-36(34-47-50(44,45)48-35-37(40)39(42)43)33-46-32-30-28-26-24-22-16-14-12-10-8-6-4-2/h18-19,36-37H,3-17,20-35,40H2,1-2H3,(H,42,43)(H,44,45)/b19-18-. The average Bonchev–Trinajstić information content (AvgIpc) is 3.09. The maximum absolute atomic E-state index is 12.6. The second kappa shape index (κ2) is 36.1. The molecule has 50 heavy (non-hydrogen) atoms. The molecule has 0 radical (unpaired) electrons. The van der Waals surface area contributed by atoms with Gasteiger partial charge in [-0.15, -0.1) is 0 Å². The Morgan fingerprint density at radius 3 is 1.52 bits per heavy atom. The Balaban J connectivity index is 4.27. The summed E-state index contributed by atoms with van der Waals surface area (Å²) >= 11 is 0. The number of phosphoric acid groups is 1. The number of carbonyl (C=O) groups is 2. The second-order valence-electron chi connectivity index (χ2n) is 13.8. The number of allylic oxidation sites excluding steroid dienone is 2. The van der Waals surface area contributed by atoms with Gasteiger partial charge in [0.25, 0.3) is 0 Å². The first-order valence-electron chi connectivity index (χ1n) is 20.2. The van der Waals surface area contributed by atoms with E-state index < -0.39 is 45.1 Å². The summed E-state index contributed by atoms with van der Waals surface area (Å²) in [6, 6.07) is -1.47. The molecule has 296 valence electrons. The summed E-state index contributed by atoms with van der Waals surface area (Å²) in [4.78, 5) is 33.4. The minimum absolute atomic E-state index is 0.0187. The SMILES string of the molecule is CCCCCCCCC/C=C\CCCCCCCC(=O)OC(COCCCCCCCCCCCCCC)COP(=O)(O)OCC(N)C(=O)O. The van der Waals surface area contributed by atoms with Crippen molar-refractivity contribution in [3.8, 4) is 0 Å². The topological polar surface area (TPSA) is 155 Å². The predicted molar refractivity (Wildman–Crippen MR) is 203 cm³/mol. The Bertz CT molecular complexity index is 857. The summed E-state index contributed by atoms with van der Waals surface area (Å²) in [5.41, 5.74) is 5.34. The summed E-state index contributed by atoms with van der Waals surface area (Å²) in [5.74, 6) is -1.78. The highest BCUT2D eigenvalue weighted by molar-refractivity contribution is 7.47. The van der Waals surface area contributed by atoms with E-state index in [9.17, 15) is 19.0 Å². The zero-order chi connectivity index (χ0) is 37.0. The number of nitrogens with two attached hydrogens (primary N) is 1. The van der Waals surface area contributed by atoms with Gasteiger partial charge in [-0.25, -0.2) is 4.57 Å². The highest BCUT2D eigenvalue weighted by Crippen LogP contribution is 2.43. The lowest BCUT2D eigenvalue weighted by molar-refractivity contribution is -0.154. The van der Waals surface area contributed by atoms with Crippen molar-refractivity contribution >= 4 is 19.8 Å². The smallest absolute Gasteiger partial charge is 0.472 e. The van der Waals surface area contributed by atoms with E-state index in [1.165, 1.54) is 109 Å². The molecule has 11 heteroatoms. The van der Waals surface area contributed by atoms with Crippen molar-refractivity contribution in [1.82, 2.24) is 0 Å². The molecule has 0 spiro atoms. The number of aliphatic carboxylic acids is 1. The van der Waals surface area contributed by atoms with Gasteiger partial charge in [0.05, 0.1) is 19.8 Å². The molecule has 0 fully saturated rings. The Labute approximate surface area is 305 Å². The van der Waals surface area contributed by atoms with Gasteiger partial charge in [-0.05, 0) is 38.5 Å². The van der Waals surface area contributed by atoms with E-state index in [1.54, 1.807) is 0 Å². The Morgan fingerprint density at radius 2 is 1.04 bits per heavy atom. The van der Waals surface area contributed by atoms with Crippen molar-refractivity contribution in [1.29, 1.82) is 0 Å². The lowest BCUT2D eigenvalue weighted by Gasteiger charge is -2.20. The Hall–Kier alpha value is -1.29. The van der Waals surface area contributed by atoms with Crippen molar-refractivity contribution in [2.24, 2.45) is 5.73 Å². The van der Waals surface area contributed by atoms with Crippen molar-refractivity contribution in [3.63, 3.8) is 0 Å². The van der Waals surface area contributed by atoms with Gasteiger partial charge in [0.2, 0.25) is 0 Å². The van der Waals surface area contributed by atoms with Crippen LogP contribution in [0.4, 0.5) is 0 Å². The van der Waals surface area contributed by atoms with Gasteiger partial charge in [-0.1, -0.05) is 154 Å². The Kier molecular flexibility index (Phi) is 35.2. The zero-order valence-corrected chi connectivity index (χ0v) is 32.9. The molecule has 0 aliphatic carbocycles. The van der Waals surface area contributed by atoms with Crippen molar-refractivity contribution < 1.29 is 42.7 Å². The maximum Gasteiger partial charge on any atom is 0.472 e. The molecule has 3 atom stereocenters. The molecule has 0 aromatic heterocycles. The second-order valence-corrected chi connectivity index (χ2v) is 15.2. The molecule has 0 amide bonds. The van der Waals surface area contributed by atoms with Crippen molar-refractivity contribution in [2.45, 2.75) is 199 Å². The molecule has 4 N–H and O–H groups in total. The molecule has 0 aliphatic heterocycles. The van der Waals surface area contributed by atoms with Gasteiger partial charge < -0.3 is 25.2 Å². The molecule has 0 bridgehead atoms. The first-order chi connectivity index (χ1) is 24.2. The fourth-order valence-corrected chi connectivity index (χ4v) is 6.38. The van der Waals surface area contributed by atoms with Gasteiger partial charge in [-0.3, -0.25) is 18.6 Å². The van der Waals surface area contributed by atoms with E-state index in [0.717, 1.165) is 51.4 Å². The van der Waals surface area contributed by atoms with Crippen LogP contribution in [0, 0.1) is 0 Å². The van der Waals surface area contributed by atoms with Crippen LogP contribution in [0.3, 0.4) is 0 Å². The van der Waals surface area contributed by atoms with Crippen molar-refractivity contribution in [2.75, 3.05) is 26.4 Å². The molecule has 0 heterocycles. The van der Waals surface area contributed by atoms with Gasteiger partial charge in [0.1, 0.15) is 12.1 Å². The lowest BCUT2D eigenvalue weighted by atomic mass is 10.1. The number of carboxylic acid groups (broad SMARTS) is 1. The summed E-state index contributed by atoms with van der Waals surface area (Å²) in [6.07, 6.45) is 35.4. The van der Waals surface area contributed by atoms with Gasteiger partial charge in [-0.2, -0.15) is 0 Å². The zero-order valence-electron chi connectivity index (χ0n) is 32.0. The third-order valence-corrected chi connectivity index (χ3v) is 9.75. The lowest BCUT2D eigenvalue weighted by Crippen LogP contribution is -2.34. The normalized spacial score (nSPS) is 14.2. The molecule has 0 aliphatic rings. The largest absolute Gasteiger partial charge is 0.480 e. The Morgan fingerprint density at radius 1 is 0.620 bits per heavy atom. The highest BCUT2D eigenvalue weighted by atomic mass is 31.2. The van der Waals surface area contributed by atoms with E-state index in [1.807, 2.05) is 0 Å². The molecule has 0 rings (SSSR count). The van der Waals surface area contributed by atoms with E-state index >= 15 is 0 Å². The number of rotatable bonds is 39. The van der Waals surface area contributed by atoms with Crippen LogP contribution in [-0.4, -0.2) is 60.5 Å². The van der Waals surface area contributed by atoms with Crippen LogP contribution < -0.4 is 5.73 Å². The van der Waals surface area contributed by atoms with Crippen LogP contribution in [0.25, 0.3) is 0 Å². The fraction of sp³-hybridized carbons (Fsp3) is 0.897. The number of hydrogen-bond donors (Lipinski definition) is 3. The molecule has 0 saturated heterocycles. The molecule has 0 saturated carbocycles. The number of unbranched alkanes of at least 4 members (excludes halogenated alkanes) is 23. The minimum atomic E-state index is -4.61.